The summed E-state index contributed by atoms with van der Waals surface area (Å²) < 4.78 is 25.9. The molecule has 0 spiro atoms. The fourth-order valence-corrected chi connectivity index (χ4v) is 2.53. The number of ketones is 1. The lowest BCUT2D eigenvalue weighted by molar-refractivity contribution is -0.114. The van der Waals surface area contributed by atoms with Gasteiger partial charge in [-0.1, -0.05) is 0 Å². The highest BCUT2D eigenvalue weighted by molar-refractivity contribution is 8.00. The first kappa shape index (κ1) is 16.2. The molecule has 0 bridgehead atoms. The van der Waals surface area contributed by atoms with Gasteiger partial charge in [0.2, 0.25) is 5.91 Å². The maximum absolute atomic E-state index is 13.1. The van der Waals surface area contributed by atoms with Gasteiger partial charge in [-0.05, 0) is 42.5 Å². The van der Waals surface area contributed by atoms with Crippen LogP contribution in [0.5, 0.6) is 0 Å². The highest BCUT2D eigenvalue weighted by Crippen LogP contribution is 2.22. The van der Waals surface area contributed by atoms with Crippen LogP contribution >= 0.6 is 11.8 Å². The van der Waals surface area contributed by atoms with E-state index in [1.807, 2.05) is 0 Å². The van der Waals surface area contributed by atoms with E-state index in [2.05, 4.69) is 5.32 Å². The molecule has 0 saturated heterocycles. The molecule has 0 aromatic heterocycles. The zero-order valence-corrected chi connectivity index (χ0v) is 12.5. The van der Waals surface area contributed by atoms with E-state index in [1.165, 1.54) is 24.8 Å². The molecular formula is C16H13F2NO2S. The van der Waals surface area contributed by atoms with Gasteiger partial charge in [-0.3, -0.25) is 9.59 Å². The average Bonchev–Trinajstić information content (AvgIpc) is 2.48. The van der Waals surface area contributed by atoms with Crippen molar-refractivity contribution in [2.75, 3.05) is 11.1 Å². The molecule has 1 amide bonds. The summed E-state index contributed by atoms with van der Waals surface area (Å²) in [4.78, 5) is 23.7. The fourth-order valence-electron chi connectivity index (χ4n) is 1.74. The lowest BCUT2D eigenvalue weighted by Crippen LogP contribution is -2.05. The van der Waals surface area contributed by atoms with Crippen LogP contribution in [-0.2, 0) is 4.79 Å². The third kappa shape index (κ3) is 4.39. The third-order valence-corrected chi connectivity index (χ3v) is 3.80. The largest absolute Gasteiger partial charge is 0.326 e. The number of carbonyl (C=O) groups is 2. The summed E-state index contributed by atoms with van der Waals surface area (Å²) in [6.45, 7) is 1.42. The van der Waals surface area contributed by atoms with Crippen LogP contribution in [0, 0.1) is 11.6 Å². The van der Waals surface area contributed by atoms with Gasteiger partial charge in [-0.2, -0.15) is 0 Å². The molecule has 0 heterocycles. The molecule has 0 fully saturated rings. The highest BCUT2D eigenvalue weighted by Gasteiger charge is 2.10. The van der Waals surface area contributed by atoms with Crippen molar-refractivity contribution in [2.24, 2.45) is 0 Å². The van der Waals surface area contributed by atoms with Crippen LogP contribution in [0.15, 0.2) is 47.4 Å². The summed E-state index contributed by atoms with van der Waals surface area (Å²) in [5.41, 5.74) is 0.810. The van der Waals surface area contributed by atoms with Gasteiger partial charge in [0, 0.05) is 23.1 Å². The summed E-state index contributed by atoms with van der Waals surface area (Å²) in [6.07, 6.45) is 0. The van der Waals surface area contributed by atoms with Crippen LogP contribution < -0.4 is 5.32 Å². The SMILES string of the molecule is CC(=O)Nc1ccc(SCC(=O)c2ccc(F)c(F)c2)cc1. The van der Waals surface area contributed by atoms with Gasteiger partial charge in [-0.15, -0.1) is 11.8 Å². The van der Waals surface area contributed by atoms with E-state index in [-0.39, 0.29) is 23.0 Å². The standard InChI is InChI=1S/C16H13F2NO2S/c1-10(20)19-12-3-5-13(6-4-12)22-9-16(21)11-2-7-14(17)15(18)8-11/h2-8H,9H2,1H3,(H,19,20). The predicted molar refractivity (Wildman–Crippen MR) is 82.2 cm³/mol. The number of halogens is 2. The van der Waals surface area contributed by atoms with E-state index in [0.29, 0.717) is 5.69 Å². The van der Waals surface area contributed by atoms with Crippen LogP contribution in [0.4, 0.5) is 14.5 Å². The molecule has 0 saturated carbocycles. The minimum Gasteiger partial charge on any atom is -0.326 e. The van der Waals surface area contributed by atoms with Crippen molar-refractivity contribution in [3.63, 3.8) is 0 Å². The fraction of sp³-hybridized carbons (Fsp3) is 0.125. The molecular weight excluding hydrogens is 308 g/mol. The molecule has 6 heteroatoms. The molecule has 0 radical (unpaired) electrons. The van der Waals surface area contributed by atoms with Crippen molar-refractivity contribution < 1.29 is 18.4 Å². The Morgan fingerprint density at radius 3 is 2.32 bits per heavy atom. The maximum Gasteiger partial charge on any atom is 0.221 e. The van der Waals surface area contributed by atoms with Crippen LogP contribution in [0.3, 0.4) is 0 Å². The van der Waals surface area contributed by atoms with Crippen LogP contribution in [0.2, 0.25) is 0 Å². The zero-order chi connectivity index (χ0) is 16.1. The zero-order valence-electron chi connectivity index (χ0n) is 11.7. The second-order valence-corrected chi connectivity index (χ2v) is 5.60. The Hall–Kier alpha value is -2.21. The Morgan fingerprint density at radius 1 is 1.05 bits per heavy atom. The van der Waals surface area contributed by atoms with Crippen molar-refractivity contribution in [1.82, 2.24) is 0 Å². The van der Waals surface area contributed by atoms with E-state index < -0.39 is 11.6 Å². The molecule has 2 rings (SSSR count). The quantitative estimate of drug-likeness (QED) is 0.671. The van der Waals surface area contributed by atoms with E-state index in [1.54, 1.807) is 24.3 Å². The molecule has 2 aromatic carbocycles. The van der Waals surface area contributed by atoms with Gasteiger partial charge in [0.05, 0.1) is 5.75 Å². The number of hydrogen-bond donors (Lipinski definition) is 1. The monoisotopic (exact) mass is 321 g/mol. The van der Waals surface area contributed by atoms with Gasteiger partial charge >= 0.3 is 0 Å². The molecule has 22 heavy (non-hydrogen) atoms. The molecule has 3 nitrogen and oxygen atoms in total. The smallest absolute Gasteiger partial charge is 0.221 e. The summed E-state index contributed by atoms with van der Waals surface area (Å²) in [7, 11) is 0. The molecule has 0 aliphatic rings. The Labute approximate surface area is 130 Å². The van der Waals surface area contributed by atoms with Crippen LogP contribution in [0.1, 0.15) is 17.3 Å². The van der Waals surface area contributed by atoms with E-state index >= 15 is 0 Å². The Bertz CT molecular complexity index is 702. The van der Waals surface area contributed by atoms with Gasteiger partial charge in [0.1, 0.15) is 0 Å². The number of Topliss-reactive ketones (excluding diaryl/α,β-unsaturated/α-hetero) is 1. The lowest BCUT2D eigenvalue weighted by atomic mass is 10.1. The number of thioether (sulfide) groups is 1. The lowest BCUT2D eigenvalue weighted by Gasteiger charge is -2.05. The first-order valence-electron chi connectivity index (χ1n) is 6.44. The topological polar surface area (TPSA) is 46.2 Å². The summed E-state index contributed by atoms with van der Waals surface area (Å²) in [5, 5.41) is 2.64. The van der Waals surface area contributed by atoms with E-state index in [4.69, 9.17) is 0 Å². The first-order chi connectivity index (χ1) is 10.5. The van der Waals surface area contributed by atoms with E-state index in [9.17, 15) is 18.4 Å². The maximum atomic E-state index is 13.1. The van der Waals surface area contributed by atoms with Gasteiger partial charge in [0.25, 0.3) is 0 Å². The Morgan fingerprint density at radius 2 is 1.73 bits per heavy atom. The predicted octanol–water partition coefficient (Wildman–Crippen LogP) is 3.90. The van der Waals surface area contributed by atoms with Gasteiger partial charge in [-0.25, -0.2) is 8.78 Å². The average molecular weight is 321 g/mol. The molecule has 2 aromatic rings. The minimum absolute atomic E-state index is 0.116. The number of nitrogens with one attached hydrogen (secondary N) is 1. The molecule has 0 aliphatic carbocycles. The van der Waals surface area contributed by atoms with Crippen molar-refractivity contribution in [1.29, 1.82) is 0 Å². The van der Waals surface area contributed by atoms with Crippen LogP contribution in [0.25, 0.3) is 0 Å². The van der Waals surface area contributed by atoms with Gasteiger partial charge < -0.3 is 5.32 Å². The summed E-state index contributed by atoms with van der Waals surface area (Å²) in [6, 6.07) is 10.1. The summed E-state index contributed by atoms with van der Waals surface area (Å²) in [5.74, 6) is -2.33. The molecule has 114 valence electrons. The molecule has 1 N–H and O–H groups in total. The second kappa shape index (κ2) is 7.17. The minimum atomic E-state index is -1.03. The Kier molecular flexibility index (Phi) is 5.27. The number of benzene rings is 2. The molecule has 0 unspecified atom stereocenters. The van der Waals surface area contributed by atoms with Crippen molar-refractivity contribution in [2.45, 2.75) is 11.8 Å². The van der Waals surface area contributed by atoms with Gasteiger partial charge in [0.15, 0.2) is 17.4 Å². The number of anilines is 1. The molecule has 0 atom stereocenters. The first-order valence-corrected chi connectivity index (χ1v) is 7.43. The van der Waals surface area contributed by atoms with Crippen LogP contribution in [-0.4, -0.2) is 17.4 Å². The molecule has 0 aliphatic heterocycles. The normalized spacial score (nSPS) is 10.3. The van der Waals surface area contributed by atoms with Crippen molar-refractivity contribution in [3.05, 3.63) is 59.7 Å². The number of rotatable bonds is 5. The van der Waals surface area contributed by atoms with Crippen molar-refractivity contribution >= 4 is 29.1 Å². The Balaban J connectivity index is 1.95. The van der Waals surface area contributed by atoms with E-state index in [0.717, 1.165) is 17.0 Å². The highest BCUT2D eigenvalue weighted by atomic mass is 32.2. The number of amides is 1. The third-order valence-electron chi connectivity index (χ3n) is 2.79. The number of hydrogen-bond acceptors (Lipinski definition) is 3. The summed E-state index contributed by atoms with van der Waals surface area (Å²) >= 11 is 1.28. The second-order valence-electron chi connectivity index (χ2n) is 4.55. The number of carbonyl (C=O) groups excluding carboxylic acids is 2. The van der Waals surface area contributed by atoms with Crippen molar-refractivity contribution in [3.8, 4) is 0 Å².